The molecule has 0 aliphatic heterocycles. The van der Waals surface area contributed by atoms with Gasteiger partial charge >= 0.3 is 0 Å². The van der Waals surface area contributed by atoms with Crippen LogP contribution in [0.2, 0.25) is 0 Å². The standard InChI is InChI=1S/C20H18N2O2/c1-13-10-17(16-6-4-5-7-18(16)22-13)14(2)15-8-9-20(24-3)19(11-15)21-12-23/h4-12H,2H2,1,3H3,(H,21,23). The fraction of sp³-hybridized carbons (Fsp3) is 0.100. The molecule has 3 aromatic rings. The molecule has 0 aliphatic rings. The van der Waals surface area contributed by atoms with Gasteiger partial charge in [0.05, 0.1) is 18.3 Å². The van der Waals surface area contributed by atoms with Crippen LogP contribution >= 0.6 is 0 Å². The highest BCUT2D eigenvalue weighted by Crippen LogP contribution is 2.33. The first-order valence-corrected chi connectivity index (χ1v) is 7.58. The number of para-hydroxylation sites is 1. The van der Waals surface area contributed by atoms with Crippen LogP contribution in [0.15, 0.2) is 55.1 Å². The molecule has 0 bridgehead atoms. The van der Waals surface area contributed by atoms with Gasteiger partial charge in [-0.25, -0.2) is 0 Å². The van der Waals surface area contributed by atoms with Crippen molar-refractivity contribution in [1.82, 2.24) is 4.98 Å². The lowest BCUT2D eigenvalue weighted by Crippen LogP contribution is -1.99. The van der Waals surface area contributed by atoms with E-state index in [4.69, 9.17) is 4.74 Å². The predicted octanol–water partition coefficient (Wildman–Crippen LogP) is 4.18. The van der Waals surface area contributed by atoms with Crippen LogP contribution in [0, 0.1) is 6.92 Å². The number of pyridine rings is 1. The first kappa shape index (κ1) is 15.7. The molecule has 0 fully saturated rings. The number of amides is 1. The predicted molar refractivity (Wildman–Crippen MR) is 97.3 cm³/mol. The number of nitrogens with zero attached hydrogens (tertiary/aromatic N) is 1. The Bertz CT molecular complexity index is 932. The number of aromatic nitrogens is 1. The van der Waals surface area contributed by atoms with Crippen LogP contribution in [0.3, 0.4) is 0 Å². The summed E-state index contributed by atoms with van der Waals surface area (Å²) in [6.45, 7) is 6.23. The highest BCUT2D eigenvalue weighted by Gasteiger charge is 2.11. The molecule has 120 valence electrons. The van der Waals surface area contributed by atoms with Gasteiger partial charge < -0.3 is 10.1 Å². The maximum absolute atomic E-state index is 10.8. The Morgan fingerprint density at radius 2 is 2.00 bits per heavy atom. The first-order valence-electron chi connectivity index (χ1n) is 7.58. The summed E-state index contributed by atoms with van der Waals surface area (Å²) in [4.78, 5) is 15.4. The van der Waals surface area contributed by atoms with Gasteiger partial charge in [0.1, 0.15) is 5.75 Å². The number of carbonyl (C=O) groups excluding carboxylic acids is 1. The van der Waals surface area contributed by atoms with Gasteiger partial charge in [-0.2, -0.15) is 0 Å². The van der Waals surface area contributed by atoms with Gasteiger partial charge in [-0.1, -0.05) is 30.8 Å². The van der Waals surface area contributed by atoms with Crippen molar-refractivity contribution in [3.63, 3.8) is 0 Å². The average Bonchev–Trinajstić information content (AvgIpc) is 2.60. The number of nitrogens with one attached hydrogen (secondary N) is 1. The molecular weight excluding hydrogens is 300 g/mol. The molecule has 0 aliphatic carbocycles. The first-order chi connectivity index (χ1) is 11.6. The highest BCUT2D eigenvalue weighted by atomic mass is 16.5. The molecule has 0 saturated carbocycles. The van der Waals surface area contributed by atoms with Gasteiger partial charge in [-0.05, 0) is 47.9 Å². The third-order valence-corrected chi connectivity index (χ3v) is 3.93. The quantitative estimate of drug-likeness (QED) is 0.718. The molecule has 1 heterocycles. The summed E-state index contributed by atoms with van der Waals surface area (Å²) in [5.74, 6) is 0.606. The molecule has 4 heteroatoms. The van der Waals surface area contributed by atoms with Crippen LogP contribution < -0.4 is 10.1 Å². The number of carbonyl (C=O) groups is 1. The summed E-state index contributed by atoms with van der Waals surface area (Å²) < 4.78 is 5.27. The zero-order valence-electron chi connectivity index (χ0n) is 13.7. The topological polar surface area (TPSA) is 51.2 Å². The van der Waals surface area contributed by atoms with Crippen molar-refractivity contribution in [3.8, 4) is 5.75 Å². The molecular formula is C20H18N2O2. The van der Waals surface area contributed by atoms with Crippen LogP contribution in [0.25, 0.3) is 16.5 Å². The lowest BCUT2D eigenvalue weighted by Gasteiger charge is -2.14. The lowest BCUT2D eigenvalue weighted by atomic mass is 9.95. The molecule has 0 saturated heterocycles. The van der Waals surface area contributed by atoms with Crippen molar-refractivity contribution in [2.75, 3.05) is 12.4 Å². The average molecular weight is 318 g/mol. The number of fused-ring (bicyclic) bond motifs is 1. The fourth-order valence-electron chi connectivity index (χ4n) is 2.78. The van der Waals surface area contributed by atoms with Crippen LogP contribution in [0.5, 0.6) is 5.75 Å². The SMILES string of the molecule is C=C(c1ccc(OC)c(NC=O)c1)c1cc(C)nc2ccccc12. The summed E-state index contributed by atoms with van der Waals surface area (Å²) >= 11 is 0. The summed E-state index contributed by atoms with van der Waals surface area (Å²) in [6, 6.07) is 15.6. The van der Waals surface area contributed by atoms with Gasteiger partial charge in [0, 0.05) is 11.1 Å². The summed E-state index contributed by atoms with van der Waals surface area (Å²) in [6.07, 6.45) is 0.635. The van der Waals surface area contributed by atoms with Gasteiger partial charge in [0.25, 0.3) is 0 Å². The molecule has 1 aromatic heterocycles. The maximum atomic E-state index is 10.8. The van der Waals surface area contributed by atoms with Crippen LogP contribution in [-0.2, 0) is 4.79 Å². The van der Waals surface area contributed by atoms with Crippen molar-refractivity contribution in [1.29, 1.82) is 0 Å². The second-order valence-corrected chi connectivity index (χ2v) is 5.48. The number of methoxy groups -OCH3 is 1. The van der Waals surface area contributed by atoms with Gasteiger partial charge in [-0.3, -0.25) is 9.78 Å². The Morgan fingerprint density at radius 3 is 2.75 bits per heavy atom. The van der Waals surface area contributed by atoms with Gasteiger partial charge in [0.2, 0.25) is 6.41 Å². The van der Waals surface area contributed by atoms with E-state index in [0.717, 1.165) is 33.3 Å². The molecule has 0 unspecified atom stereocenters. The Hall–Kier alpha value is -3.14. The van der Waals surface area contributed by atoms with E-state index in [1.807, 2.05) is 55.5 Å². The molecule has 1 N–H and O–H groups in total. The highest BCUT2D eigenvalue weighted by molar-refractivity contribution is 5.96. The zero-order valence-corrected chi connectivity index (χ0v) is 13.7. The third kappa shape index (κ3) is 2.86. The summed E-state index contributed by atoms with van der Waals surface area (Å²) in [5.41, 5.74) is 5.30. The normalized spacial score (nSPS) is 10.4. The number of hydrogen-bond donors (Lipinski definition) is 1. The van der Waals surface area contributed by atoms with E-state index in [9.17, 15) is 4.79 Å². The molecule has 3 rings (SSSR count). The fourth-order valence-corrected chi connectivity index (χ4v) is 2.78. The molecule has 0 radical (unpaired) electrons. The largest absolute Gasteiger partial charge is 0.495 e. The van der Waals surface area contributed by atoms with Crippen molar-refractivity contribution in [3.05, 3.63) is 71.9 Å². The minimum atomic E-state index is 0.606. The minimum absolute atomic E-state index is 0.606. The summed E-state index contributed by atoms with van der Waals surface area (Å²) in [5, 5.41) is 3.71. The van der Waals surface area contributed by atoms with E-state index in [0.29, 0.717) is 17.8 Å². The van der Waals surface area contributed by atoms with E-state index in [1.165, 1.54) is 0 Å². The number of anilines is 1. The number of rotatable bonds is 5. The van der Waals surface area contributed by atoms with Gasteiger partial charge in [-0.15, -0.1) is 0 Å². The lowest BCUT2D eigenvalue weighted by molar-refractivity contribution is -0.105. The Morgan fingerprint density at radius 1 is 1.21 bits per heavy atom. The Balaban J connectivity index is 2.13. The van der Waals surface area contributed by atoms with E-state index >= 15 is 0 Å². The van der Waals surface area contributed by atoms with Crippen molar-refractivity contribution >= 4 is 28.6 Å². The Labute approximate surface area is 140 Å². The van der Waals surface area contributed by atoms with E-state index in [2.05, 4.69) is 16.9 Å². The molecule has 24 heavy (non-hydrogen) atoms. The number of benzene rings is 2. The number of ether oxygens (including phenoxy) is 1. The minimum Gasteiger partial charge on any atom is -0.495 e. The van der Waals surface area contributed by atoms with Gasteiger partial charge in [0.15, 0.2) is 0 Å². The summed E-state index contributed by atoms with van der Waals surface area (Å²) in [7, 11) is 1.57. The zero-order chi connectivity index (χ0) is 17.1. The molecule has 0 spiro atoms. The van der Waals surface area contributed by atoms with Crippen molar-refractivity contribution in [2.24, 2.45) is 0 Å². The van der Waals surface area contributed by atoms with Crippen LogP contribution in [-0.4, -0.2) is 18.5 Å². The maximum Gasteiger partial charge on any atom is 0.211 e. The van der Waals surface area contributed by atoms with Crippen molar-refractivity contribution < 1.29 is 9.53 Å². The number of hydrogen-bond acceptors (Lipinski definition) is 3. The third-order valence-electron chi connectivity index (χ3n) is 3.93. The van der Waals surface area contributed by atoms with Crippen LogP contribution in [0.1, 0.15) is 16.8 Å². The monoisotopic (exact) mass is 318 g/mol. The van der Waals surface area contributed by atoms with Crippen LogP contribution in [0.4, 0.5) is 5.69 Å². The second-order valence-electron chi connectivity index (χ2n) is 5.48. The van der Waals surface area contributed by atoms with Crippen molar-refractivity contribution in [2.45, 2.75) is 6.92 Å². The Kier molecular flexibility index (Phi) is 4.29. The van der Waals surface area contributed by atoms with E-state index < -0.39 is 0 Å². The number of aryl methyl sites for hydroxylation is 1. The molecule has 2 aromatic carbocycles. The molecule has 4 nitrogen and oxygen atoms in total. The molecule has 1 amide bonds. The smallest absolute Gasteiger partial charge is 0.211 e. The molecule has 0 atom stereocenters. The van der Waals surface area contributed by atoms with E-state index in [1.54, 1.807) is 7.11 Å². The van der Waals surface area contributed by atoms with E-state index in [-0.39, 0.29) is 0 Å². The second kappa shape index (κ2) is 6.54.